The molecule has 0 saturated carbocycles. The first-order valence-electron chi connectivity index (χ1n) is 7.82. The number of carbonyl (C=O) groups excluding carboxylic acids is 1. The van der Waals surface area contributed by atoms with Gasteiger partial charge in [-0.15, -0.1) is 11.3 Å². The largest absolute Gasteiger partial charge is 0.354 e. The molecule has 0 fully saturated rings. The minimum atomic E-state index is -0.109. The summed E-state index contributed by atoms with van der Waals surface area (Å²) in [5.74, 6) is 0.573. The number of rotatable bonds is 4. The van der Waals surface area contributed by atoms with Gasteiger partial charge in [0.2, 0.25) is 0 Å². The number of hydrogen-bond donors (Lipinski definition) is 2. The Kier molecular flexibility index (Phi) is 4.32. The summed E-state index contributed by atoms with van der Waals surface area (Å²) in [4.78, 5) is 16.8. The molecule has 0 radical (unpaired) electrons. The second-order valence-corrected chi connectivity index (χ2v) is 6.86. The highest BCUT2D eigenvalue weighted by molar-refractivity contribution is 7.12. The molecule has 0 aliphatic carbocycles. The first-order valence-corrected chi connectivity index (χ1v) is 9.08. The number of thiophene rings is 1. The Morgan fingerprint density at radius 2 is 2.08 bits per heavy atom. The van der Waals surface area contributed by atoms with E-state index in [2.05, 4.69) is 20.7 Å². The summed E-state index contributed by atoms with van der Waals surface area (Å²) in [6, 6.07) is 11.2. The SMILES string of the molecule is CNC(=O)c1cc(-n2ncc3cc(Nc4ccccc4Cl)ncc32)cs1. The van der Waals surface area contributed by atoms with Crippen LogP contribution in [0.15, 0.2) is 54.2 Å². The number of anilines is 2. The first-order chi connectivity index (χ1) is 12.7. The molecule has 26 heavy (non-hydrogen) atoms. The molecule has 4 aromatic rings. The number of hydrogen-bond acceptors (Lipinski definition) is 5. The Labute approximate surface area is 158 Å². The predicted octanol–water partition coefficient (Wildman–Crippen LogP) is 4.24. The lowest BCUT2D eigenvalue weighted by molar-refractivity contribution is 0.0967. The number of aromatic nitrogens is 3. The Morgan fingerprint density at radius 1 is 1.23 bits per heavy atom. The molecular formula is C18H14ClN5OS. The van der Waals surface area contributed by atoms with Gasteiger partial charge in [0.25, 0.3) is 5.91 Å². The zero-order chi connectivity index (χ0) is 18.1. The van der Waals surface area contributed by atoms with Crippen molar-refractivity contribution in [3.63, 3.8) is 0 Å². The van der Waals surface area contributed by atoms with Crippen LogP contribution in [0.5, 0.6) is 0 Å². The first kappa shape index (κ1) is 16.6. The van der Waals surface area contributed by atoms with E-state index in [4.69, 9.17) is 11.6 Å². The second-order valence-electron chi connectivity index (χ2n) is 5.54. The van der Waals surface area contributed by atoms with Crippen molar-refractivity contribution in [2.24, 2.45) is 0 Å². The van der Waals surface area contributed by atoms with Gasteiger partial charge in [-0.05, 0) is 24.3 Å². The molecule has 0 unspecified atom stereocenters. The van der Waals surface area contributed by atoms with Crippen molar-refractivity contribution >= 4 is 51.3 Å². The highest BCUT2D eigenvalue weighted by Gasteiger charge is 2.12. The maximum atomic E-state index is 11.7. The highest BCUT2D eigenvalue weighted by atomic mass is 35.5. The van der Waals surface area contributed by atoms with Crippen LogP contribution in [0.2, 0.25) is 5.02 Å². The number of amides is 1. The second kappa shape index (κ2) is 6.78. The summed E-state index contributed by atoms with van der Waals surface area (Å²) < 4.78 is 1.77. The Hall–Kier alpha value is -2.90. The minimum Gasteiger partial charge on any atom is -0.354 e. The number of benzene rings is 1. The van der Waals surface area contributed by atoms with Crippen LogP contribution in [0.1, 0.15) is 9.67 Å². The zero-order valence-electron chi connectivity index (χ0n) is 13.7. The van der Waals surface area contributed by atoms with E-state index >= 15 is 0 Å². The fraction of sp³-hybridized carbons (Fsp3) is 0.0556. The zero-order valence-corrected chi connectivity index (χ0v) is 15.3. The molecule has 2 N–H and O–H groups in total. The van der Waals surface area contributed by atoms with E-state index in [0.29, 0.717) is 15.7 Å². The van der Waals surface area contributed by atoms with Crippen molar-refractivity contribution in [2.45, 2.75) is 0 Å². The van der Waals surface area contributed by atoms with E-state index in [-0.39, 0.29) is 5.91 Å². The molecule has 4 rings (SSSR count). The van der Waals surface area contributed by atoms with Crippen LogP contribution in [0.25, 0.3) is 16.6 Å². The van der Waals surface area contributed by atoms with E-state index in [0.717, 1.165) is 22.3 Å². The van der Waals surface area contributed by atoms with Gasteiger partial charge in [-0.25, -0.2) is 9.67 Å². The molecule has 3 aromatic heterocycles. The third kappa shape index (κ3) is 3.02. The Balaban J connectivity index is 1.66. The summed E-state index contributed by atoms with van der Waals surface area (Å²) in [5, 5.41) is 13.7. The van der Waals surface area contributed by atoms with Crippen LogP contribution < -0.4 is 10.6 Å². The average molecular weight is 384 g/mol. The summed E-state index contributed by atoms with van der Waals surface area (Å²) in [6.45, 7) is 0. The highest BCUT2D eigenvalue weighted by Crippen LogP contribution is 2.27. The van der Waals surface area contributed by atoms with Crippen LogP contribution in [0, 0.1) is 0 Å². The van der Waals surface area contributed by atoms with Gasteiger partial charge >= 0.3 is 0 Å². The van der Waals surface area contributed by atoms with Crippen LogP contribution in [-0.4, -0.2) is 27.7 Å². The van der Waals surface area contributed by atoms with Crippen molar-refractivity contribution in [2.75, 3.05) is 12.4 Å². The fourth-order valence-corrected chi connectivity index (χ4v) is 3.58. The standard InChI is InChI=1S/C18H14ClN5OS/c1-20-18(25)16-7-12(10-26-16)24-15-9-21-17(6-11(15)8-22-24)23-14-5-3-2-4-13(14)19/h2-10H,1H3,(H,20,25)(H,21,23). The minimum absolute atomic E-state index is 0.109. The number of pyridine rings is 1. The molecule has 1 aromatic carbocycles. The van der Waals surface area contributed by atoms with E-state index in [1.807, 2.05) is 41.8 Å². The van der Waals surface area contributed by atoms with Crippen molar-refractivity contribution in [1.82, 2.24) is 20.1 Å². The van der Waals surface area contributed by atoms with Crippen molar-refractivity contribution in [3.05, 3.63) is 64.1 Å². The number of nitrogens with one attached hydrogen (secondary N) is 2. The normalized spacial score (nSPS) is 10.8. The molecule has 1 amide bonds. The summed E-state index contributed by atoms with van der Waals surface area (Å²) in [7, 11) is 1.61. The van der Waals surface area contributed by atoms with Gasteiger partial charge in [0.05, 0.1) is 39.2 Å². The third-order valence-electron chi connectivity index (χ3n) is 3.87. The molecule has 130 valence electrons. The predicted molar refractivity (Wildman–Crippen MR) is 105 cm³/mol. The van der Waals surface area contributed by atoms with E-state index < -0.39 is 0 Å². The van der Waals surface area contributed by atoms with Crippen molar-refractivity contribution in [3.8, 4) is 5.69 Å². The molecular weight excluding hydrogens is 370 g/mol. The van der Waals surface area contributed by atoms with Crippen molar-refractivity contribution < 1.29 is 4.79 Å². The number of halogens is 1. The van der Waals surface area contributed by atoms with E-state index in [1.165, 1.54) is 11.3 Å². The summed E-state index contributed by atoms with van der Waals surface area (Å²) in [5.41, 5.74) is 2.48. The summed E-state index contributed by atoms with van der Waals surface area (Å²) >= 11 is 7.55. The van der Waals surface area contributed by atoms with Gasteiger partial charge < -0.3 is 10.6 Å². The molecule has 0 spiro atoms. The molecule has 0 atom stereocenters. The molecule has 0 bridgehead atoms. The van der Waals surface area contributed by atoms with Gasteiger partial charge in [-0.3, -0.25) is 4.79 Å². The fourth-order valence-electron chi connectivity index (χ4n) is 2.58. The number of nitrogens with zero attached hydrogens (tertiary/aromatic N) is 3. The Bertz CT molecular complexity index is 1100. The van der Waals surface area contributed by atoms with E-state index in [9.17, 15) is 4.79 Å². The summed E-state index contributed by atoms with van der Waals surface area (Å²) in [6.07, 6.45) is 3.52. The maximum Gasteiger partial charge on any atom is 0.261 e. The molecule has 6 nitrogen and oxygen atoms in total. The number of fused-ring (bicyclic) bond motifs is 1. The molecule has 0 aliphatic rings. The lowest BCUT2D eigenvalue weighted by Gasteiger charge is -2.07. The maximum absolute atomic E-state index is 11.7. The van der Waals surface area contributed by atoms with Gasteiger partial charge in [-0.1, -0.05) is 23.7 Å². The average Bonchev–Trinajstić information content (AvgIpc) is 3.29. The molecule has 0 aliphatic heterocycles. The quantitative estimate of drug-likeness (QED) is 0.553. The lowest BCUT2D eigenvalue weighted by atomic mass is 10.3. The third-order valence-corrected chi connectivity index (χ3v) is 5.12. The van der Waals surface area contributed by atoms with Crippen molar-refractivity contribution in [1.29, 1.82) is 0 Å². The molecule has 3 heterocycles. The lowest BCUT2D eigenvalue weighted by Crippen LogP contribution is -2.16. The van der Waals surface area contributed by atoms with Crippen LogP contribution in [0.4, 0.5) is 11.5 Å². The Morgan fingerprint density at radius 3 is 2.88 bits per heavy atom. The van der Waals surface area contributed by atoms with Crippen LogP contribution >= 0.6 is 22.9 Å². The van der Waals surface area contributed by atoms with Gasteiger partial charge in [0.1, 0.15) is 5.82 Å². The van der Waals surface area contributed by atoms with Crippen LogP contribution in [0.3, 0.4) is 0 Å². The van der Waals surface area contributed by atoms with Crippen LogP contribution in [-0.2, 0) is 0 Å². The monoisotopic (exact) mass is 383 g/mol. The smallest absolute Gasteiger partial charge is 0.261 e. The number of para-hydroxylation sites is 1. The number of carbonyl (C=O) groups is 1. The topological polar surface area (TPSA) is 71.8 Å². The molecule has 8 heteroatoms. The van der Waals surface area contributed by atoms with Gasteiger partial charge in [0, 0.05) is 17.8 Å². The molecule has 0 saturated heterocycles. The van der Waals surface area contributed by atoms with E-state index in [1.54, 1.807) is 24.1 Å². The van der Waals surface area contributed by atoms with Gasteiger partial charge in [0.15, 0.2) is 0 Å². The van der Waals surface area contributed by atoms with Gasteiger partial charge in [-0.2, -0.15) is 5.10 Å².